The number of nitrogens with one attached hydrogen (secondary N) is 2. The van der Waals surface area contributed by atoms with Gasteiger partial charge in [0.2, 0.25) is 0 Å². The van der Waals surface area contributed by atoms with Crippen LogP contribution in [0.3, 0.4) is 0 Å². The highest BCUT2D eigenvalue weighted by atomic mass is 32.1. The first-order valence-electron chi connectivity index (χ1n) is 11.2. The molecule has 4 N–H and O–H groups in total. The van der Waals surface area contributed by atoms with Crippen molar-refractivity contribution >= 4 is 48.3 Å². The van der Waals surface area contributed by atoms with Gasteiger partial charge in [-0.25, -0.2) is 19.3 Å². The van der Waals surface area contributed by atoms with Crippen LogP contribution in [0.25, 0.3) is 22.5 Å². The third-order valence-electron chi connectivity index (χ3n) is 5.77. The molecule has 4 aromatic rings. The van der Waals surface area contributed by atoms with E-state index in [0.717, 1.165) is 0 Å². The predicted molar refractivity (Wildman–Crippen MR) is 148 cm³/mol. The van der Waals surface area contributed by atoms with E-state index >= 15 is 0 Å². The summed E-state index contributed by atoms with van der Waals surface area (Å²) in [5, 5.41) is 36.2. The van der Waals surface area contributed by atoms with Crippen LogP contribution in [-0.2, 0) is 0 Å². The normalized spacial score (nSPS) is 11.1. The SMILES string of the molecule is Oc1cc(-n2cccn2)cc(S)c1Nc1ncnc(Nc2c(O)cc(-n3cccn3)cc2S)c2cncc1-2. The van der Waals surface area contributed by atoms with E-state index in [-0.39, 0.29) is 11.5 Å². The number of aromatic nitrogens is 7. The molecule has 2 aromatic carbocycles. The van der Waals surface area contributed by atoms with Crippen molar-refractivity contribution in [2.45, 2.75) is 9.79 Å². The number of thiol groups is 2. The van der Waals surface area contributed by atoms with Crippen LogP contribution in [-0.4, -0.2) is 44.7 Å². The number of fused-ring (bicyclic) bond motifs is 1. The molecule has 0 atom stereocenters. The van der Waals surface area contributed by atoms with Gasteiger partial charge >= 0.3 is 0 Å². The molecule has 0 saturated carbocycles. The highest BCUT2D eigenvalue weighted by Crippen LogP contribution is 2.41. The fourth-order valence-electron chi connectivity index (χ4n) is 3.98. The van der Waals surface area contributed by atoms with Gasteiger partial charge < -0.3 is 20.8 Å². The molecular formula is C25H19N9O2S2. The maximum Gasteiger partial charge on any atom is 0.142 e. The Morgan fingerprint density at radius 1 is 0.684 bits per heavy atom. The van der Waals surface area contributed by atoms with Crippen molar-refractivity contribution in [3.8, 4) is 34.0 Å². The lowest BCUT2D eigenvalue weighted by atomic mass is 10.1. The minimum Gasteiger partial charge on any atom is -0.506 e. The van der Waals surface area contributed by atoms with Crippen molar-refractivity contribution < 1.29 is 10.2 Å². The smallest absolute Gasteiger partial charge is 0.142 e. The number of phenolic OH excluding ortho intramolecular Hbond substituents is 2. The third-order valence-corrected chi connectivity index (χ3v) is 6.47. The molecule has 0 unspecified atom stereocenters. The molecule has 0 bridgehead atoms. The predicted octanol–water partition coefficient (Wildman–Crippen LogP) is 4.82. The molecule has 0 radical (unpaired) electrons. The molecule has 0 amide bonds. The van der Waals surface area contributed by atoms with Gasteiger partial charge in [-0.3, -0.25) is 4.98 Å². The molecule has 2 aliphatic rings. The lowest BCUT2D eigenvalue weighted by Gasteiger charge is -2.14. The second kappa shape index (κ2) is 9.61. The Balaban J connectivity index is 1.32. The average molecular weight is 542 g/mol. The van der Waals surface area contributed by atoms with Crippen molar-refractivity contribution in [1.82, 2.24) is 34.5 Å². The average Bonchev–Trinajstić information content (AvgIpc) is 3.67. The lowest BCUT2D eigenvalue weighted by molar-refractivity contribution is 0.475. The van der Waals surface area contributed by atoms with Crippen LogP contribution in [0.1, 0.15) is 0 Å². The number of hydrogen-bond acceptors (Lipinski definition) is 11. The van der Waals surface area contributed by atoms with E-state index in [4.69, 9.17) is 0 Å². The Labute approximate surface area is 227 Å². The first kappa shape index (κ1) is 23.6. The van der Waals surface area contributed by atoms with Crippen LogP contribution in [0.2, 0.25) is 0 Å². The summed E-state index contributed by atoms with van der Waals surface area (Å²) in [6.45, 7) is 0. The summed E-state index contributed by atoms with van der Waals surface area (Å²) in [5.41, 5.74) is 3.30. The number of phenols is 2. The van der Waals surface area contributed by atoms with Gasteiger partial charge in [-0.2, -0.15) is 10.2 Å². The number of benzene rings is 2. The van der Waals surface area contributed by atoms with Crippen LogP contribution in [0.4, 0.5) is 23.0 Å². The molecule has 2 aliphatic heterocycles. The Hall–Kier alpha value is -4.75. The molecule has 0 aliphatic carbocycles. The van der Waals surface area contributed by atoms with Crippen LogP contribution in [0, 0.1) is 0 Å². The van der Waals surface area contributed by atoms with E-state index in [0.29, 0.717) is 55.3 Å². The van der Waals surface area contributed by atoms with Crippen molar-refractivity contribution in [1.29, 1.82) is 0 Å². The van der Waals surface area contributed by atoms with Gasteiger partial charge in [0.15, 0.2) is 0 Å². The second-order valence-corrected chi connectivity index (χ2v) is 9.14. The van der Waals surface area contributed by atoms with Gasteiger partial charge in [0.1, 0.15) is 29.5 Å². The molecular weight excluding hydrogens is 522 g/mol. The summed E-state index contributed by atoms with van der Waals surface area (Å²) in [5.74, 6) is 0.744. The minimum atomic E-state index is -0.0304. The fraction of sp³-hybridized carbons (Fsp3) is 0. The Morgan fingerprint density at radius 3 is 1.55 bits per heavy atom. The van der Waals surface area contributed by atoms with E-state index < -0.39 is 0 Å². The van der Waals surface area contributed by atoms with E-state index in [9.17, 15) is 10.2 Å². The third kappa shape index (κ3) is 4.33. The van der Waals surface area contributed by atoms with Gasteiger partial charge in [-0.15, -0.1) is 25.3 Å². The van der Waals surface area contributed by atoms with Gasteiger partial charge in [0.25, 0.3) is 0 Å². The van der Waals surface area contributed by atoms with Crippen molar-refractivity contribution in [2.24, 2.45) is 0 Å². The Bertz CT molecular complexity index is 1550. The van der Waals surface area contributed by atoms with Crippen molar-refractivity contribution in [2.75, 3.05) is 10.6 Å². The summed E-state index contributed by atoms with van der Waals surface area (Å²) < 4.78 is 3.25. The molecule has 0 spiro atoms. The molecule has 2 aromatic heterocycles. The van der Waals surface area contributed by atoms with Gasteiger partial charge in [0, 0.05) is 70.2 Å². The number of hydrogen-bond donors (Lipinski definition) is 6. The number of anilines is 4. The van der Waals surface area contributed by atoms with Gasteiger partial charge in [-0.1, -0.05) is 0 Å². The molecule has 0 saturated heterocycles. The quantitative estimate of drug-likeness (QED) is 0.129. The number of rotatable bonds is 6. The largest absolute Gasteiger partial charge is 0.506 e. The molecule has 0 fully saturated rings. The van der Waals surface area contributed by atoms with Gasteiger partial charge in [-0.05, 0) is 24.3 Å². The molecule has 38 heavy (non-hydrogen) atoms. The zero-order chi connectivity index (χ0) is 26.2. The maximum absolute atomic E-state index is 10.8. The lowest BCUT2D eigenvalue weighted by Crippen LogP contribution is -2.00. The van der Waals surface area contributed by atoms with E-state index in [1.54, 1.807) is 82.9 Å². The van der Waals surface area contributed by atoms with E-state index in [1.807, 2.05) is 0 Å². The zero-order valence-corrected chi connectivity index (χ0v) is 21.2. The minimum absolute atomic E-state index is 0.0304. The van der Waals surface area contributed by atoms with Crippen LogP contribution in [0.5, 0.6) is 11.5 Å². The van der Waals surface area contributed by atoms with Crippen molar-refractivity contribution in [3.05, 3.63) is 79.9 Å². The monoisotopic (exact) mass is 541 g/mol. The summed E-state index contributed by atoms with van der Waals surface area (Å²) in [6, 6.07) is 10.3. The van der Waals surface area contributed by atoms with Crippen LogP contribution >= 0.6 is 25.3 Å². The topological polar surface area (TPSA) is 139 Å². The Kier molecular flexibility index (Phi) is 5.98. The molecule has 11 nitrogen and oxygen atoms in total. The number of aromatic hydroxyl groups is 2. The second-order valence-electron chi connectivity index (χ2n) is 8.17. The summed E-state index contributed by atoms with van der Waals surface area (Å²) in [6.07, 6.45) is 11.5. The fourth-order valence-corrected chi connectivity index (χ4v) is 4.59. The van der Waals surface area contributed by atoms with E-state index in [1.165, 1.54) is 6.33 Å². The maximum atomic E-state index is 10.8. The van der Waals surface area contributed by atoms with Crippen LogP contribution < -0.4 is 10.6 Å². The molecule has 4 heterocycles. The first-order chi connectivity index (χ1) is 18.5. The zero-order valence-electron chi connectivity index (χ0n) is 19.4. The van der Waals surface area contributed by atoms with Gasteiger partial charge in [0.05, 0.1) is 22.7 Å². The summed E-state index contributed by atoms with van der Waals surface area (Å²) in [4.78, 5) is 14.1. The molecule has 6 rings (SSSR count). The first-order valence-corrected chi connectivity index (χ1v) is 12.1. The summed E-state index contributed by atoms with van der Waals surface area (Å²) in [7, 11) is 0. The number of nitrogens with zero attached hydrogens (tertiary/aromatic N) is 7. The highest BCUT2D eigenvalue weighted by Gasteiger charge is 2.19. The standard InChI is InChI=1S/C25H19N9O2S2/c35-18-7-14(33-5-1-3-29-33)9-20(37)22(18)31-24-16-11-26-12-17(16)25(28-13-27-24)32-23-19(36)8-15(10-21(23)38)34-6-2-4-30-34/h1-13,35-38H,(H2,27,28,31,32). The van der Waals surface area contributed by atoms with Crippen molar-refractivity contribution in [3.63, 3.8) is 0 Å². The van der Waals surface area contributed by atoms with E-state index in [2.05, 4.69) is 61.0 Å². The molecule has 13 heteroatoms. The summed E-state index contributed by atoms with van der Waals surface area (Å²) >= 11 is 9.12. The Morgan fingerprint density at radius 2 is 1.16 bits per heavy atom. The molecule has 188 valence electrons. The highest BCUT2D eigenvalue weighted by molar-refractivity contribution is 7.80. The van der Waals surface area contributed by atoms with Crippen LogP contribution in [0.15, 0.2) is 89.7 Å².